The van der Waals surface area contributed by atoms with Gasteiger partial charge in [-0.2, -0.15) is 0 Å². The standard InChI is InChI=1S/C14H23N3O/c1-15-9-13-6-3-7-14(16-13)17-8-4-5-12(10-17)11-18-2/h3,6-7,12,15H,4-5,8-11H2,1-2H3. The first-order valence-corrected chi connectivity index (χ1v) is 6.68. The monoisotopic (exact) mass is 249 g/mol. The van der Waals surface area contributed by atoms with E-state index in [1.54, 1.807) is 7.11 Å². The third-order valence-electron chi connectivity index (χ3n) is 3.40. The lowest BCUT2D eigenvalue weighted by atomic mass is 9.99. The quantitative estimate of drug-likeness (QED) is 0.861. The van der Waals surface area contributed by atoms with Crippen LogP contribution in [-0.2, 0) is 11.3 Å². The molecule has 0 aliphatic carbocycles. The van der Waals surface area contributed by atoms with Crippen molar-refractivity contribution in [1.82, 2.24) is 10.3 Å². The maximum absolute atomic E-state index is 5.27. The highest BCUT2D eigenvalue weighted by Crippen LogP contribution is 2.21. The first-order valence-electron chi connectivity index (χ1n) is 6.68. The lowest BCUT2D eigenvalue weighted by Gasteiger charge is -2.33. The number of pyridine rings is 1. The third-order valence-corrected chi connectivity index (χ3v) is 3.40. The van der Waals surface area contributed by atoms with Crippen LogP contribution in [0.15, 0.2) is 18.2 Å². The van der Waals surface area contributed by atoms with E-state index < -0.39 is 0 Å². The molecule has 1 saturated heterocycles. The normalized spacial score (nSPS) is 20.1. The van der Waals surface area contributed by atoms with Crippen LogP contribution in [0, 0.1) is 5.92 Å². The zero-order chi connectivity index (χ0) is 12.8. The lowest BCUT2D eigenvalue weighted by Crippen LogP contribution is -2.37. The number of nitrogens with one attached hydrogen (secondary N) is 1. The molecule has 1 aromatic rings. The number of hydrogen-bond donors (Lipinski definition) is 1. The predicted molar refractivity (Wildman–Crippen MR) is 73.8 cm³/mol. The van der Waals surface area contributed by atoms with E-state index in [-0.39, 0.29) is 0 Å². The summed E-state index contributed by atoms with van der Waals surface area (Å²) in [7, 11) is 3.73. The van der Waals surface area contributed by atoms with Gasteiger partial charge in [-0.05, 0) is 37.9 Å². The Kier molecular flexibility index (Phi) is 4.96. The zero-order valence-electron chi connectivity index (χ0n) is 11.4. The summed E-state index contributed by atoms with van der Waals surface area (Å²) in [6.45, 7) is 3.84. The molecule has 0 spiro atoms. The fraction of sp³-hybridized carbons (Fsp3) is 0.643. The Morgan fingerprint density at radius 1 is 1.50 bits per heavy atom. The van der Waals surface area contributed by atoms with Gasteiger partial charge in [-0.25, -0.2) is 4.98 Å². The van der Waals surface area contributed by atoms with Crippen molar-refractivity contribution in [3.8, 4) is 0 Å². The summed E-state index contributed by atoms with van der Waals surface area (Å²) >= 11 is 0. The highest BCUT2D eigenvalue weighted by atomic mass is 16.5. The zero-order valence-corrected chi connectivity index (χ0v) is 11.4. The van der Waals surface area contributed by atoms with E-state index in [9.17, 15) is 0 Å². The average Bonchev–Trinajstić information content (AvgIpc) is 2.40. The van der Waals surface area contributed by atoms with Gasteiger partial charge < -0.3 is 15.0 Å². The Labute approximate surface area is 109 Å². The van der Waals surface area contributed by atoms with Crippen LogP contribution >= 0.6 is 0 Å². The molecule has 2 heterocycles. The van der Waals surface area contributed by atoms with Crippen molar-refractivity contribution in [3.05, 3.63) is 23.9 Å². The van der Waals surface area contributed by atoms with Gasteiger partial charge in [0.25, 0.3) is 0 Å². The van der Waals surface area contributed by atoms with Crippen molar-refractivity contribution >= 4 is 5.82 Å². The van der Waals surface area contributed by atoms with Crippen LogP contribution in [0.4, 0.5) is 5.82 Å². The van der Waals surface area contributed by atoms with Gasteiger partial charge in [-0.3, -0.25) is 0 Å². The maximum atomic E-state index is 5.27. The Hall–Kier alpha value is -1.13. The van der Waals surface area contributed by atoms with E-state index in [2.05, 4.69) is 28.4 Å². The van der Waals surface area contributed by atoms with E-state index in [4.69, 9.17) is 9.72 Å². The van der Waals surface area contributed by atoms with Gasteiger partial charge in [-0.15, -0.1) is 0 Å². The molecule has 18 heavy (non-hydrogen) atoms. The van der Waals surface area contributed by atoms with Gasteiger partial charge in [0.2, 0.25) is 0 Å². The minimum absolute atomic E-state index is 0.638. The van der Waals surface area contributed by atoms with Gasteiger partial charge in [-0.1, -0.05) is 6.07 Å². The van der Waals surface area contributed by atoms with Gasteiger partial charge in [0.1, 0.15) is 5.82 Å². The second kappa shape index (κ2) is 6.71. The molecule has 4 heteroatoms. The number of ether oxygens (including phenoxy) is 1. The molecule has 1 unspecified atom stereocenters. The molecule has 100 valence electrons. The number of methoxy groups -OCH3 is 1. The Morgan fingerprint density at radius 3 is 3.17 bits per heavy atom. The molecule has 1 aliphatic rings. The van der Waals surface area contributed by atoms with Crippen LogP contribution in [-0.4, -0.2) is 38.8 Å². The topological polar surface area (TPSA) is 37.4 Å². The fourth-order valence-corrected chi connectivity index (χ4v) is 2.57. The second-order valence-corrected chi connectivity index (χ2v) is 4.93. The molecule has 1 atom stereocenters. The first-order chi connectivity index (χ1) is 8.83. The Balaban J connectivity index is 2.03. The van der Waals surface area contributed by atoms with Crippen molar-refractivity contribution in [2.45, 2.75) is 19.4 Å². The second-order valence-electron chi connectivity index (χ2n) is 4.93. The molecule has 4 nitrogen and oxygen atoms in total. The highest BCUT2D eigenvalue weighted by Gasteiger charge is 2.20. The number of piperidine rings is 1. The largest absolute Gasteiger partial charge is 0.384 e. The third kappa shape index (κ3) is 3.43. The molecule has 0 radical (unpaired) electrons. The maximum Gasteiger partial charge on any atom is 0.128 e. The molecule has 1 aromatic heterocycles. The van der Waals surface area contributed by atoms with Gasteiger partial charge >= 0.3 is 0 Å². The van der Waals surface area contributed by atoms with E-state index >= 15 is 0 Å². The smallest absolute Gasteiger partial charge is 0.128 e. The summed E-state index contributed by atoms with van der Waals surface area (Å²) < 4.78 is 5.27. The van der Waals surface area contributed by atoms with Crippen LogP contribution in [0.25, 0.3) is 0 Å². The number of hydrogen-bond acceptors (Lipinski definition) is 4. The van der Waals surface area contributed by atoms with Crippen LogP contribution in [0.2, 0.25) is 0 Å². The summed E-state index contributed by atoms with van der Waals surface area (Å²) in [4.78, 5) is 7.08. The summed E-state index contributed by atoms with van der Waals surface area (Å²) in [5.74, 6) is 1.74. The van der Waals surface area contributed by atoms with Crippen molar-refractivity contribution < 1.29 is 4.74 Å². The summed E-state index contributed by atoms with van der Waals surface area (Å²) in [6.07, 6.45) is 2.49. The minimum Gasteiger partial charge on any atom is -0.384 e. The van der Waals surface area contributed by atoms with Crippen LogP contribution in [0.1, 0.15) is 18.5 Å². The molecular weight excluding hydrogens is 226 g/mol. The average molecular weight is 249 g/mol. The van der Waals surface area contributed by atoms with E-state index in [1.165, 1.54) is 12.8 Å². The van der Waals surface area contributed by atoms with E-state index in [0.29, 0.717) is 5.92 Å². The fourth-order valence-electron chi connectivity index (χ4n) is 2.57. The van der Waals surface area contributed by atoms with Gasteiger partial charge in [0, 0.05) is 26.7 Å². The Morgan fingerprint density at radius 2 is 2.39 bits per heavy atom. The molecule has 0 saturated carbocycles. The van der Waals surface area contributed by atoms with Crippen molar-refractivity contribution in [3.63, 3.8) is 0 Å². The number of anilines is 1. The molecule has 2 rings (SSSR count). The SMILES string of the molecule is CNCc1cccc(N2CCCC(COC)C2)n1. The first kappa shape index (κ1) is 13.3. The molecule has 1 fully saturated rings. The van der Waals surface area contributed by atoms with E-state index in [1.807, 2.05) is 7.05 Å². The molecule has 0 aromatic carbocycles. The van der Waals surface area contributed by atoms with Crippen LogP contribution in [0.3, 0.4) is 0 Å². The van der Waals surface area contributed by atoms with Gasteiger partial charge in [0.05, 0.1) is 12.3 Å². The molecular formula is C14H23N3O. The van der Waals surface area contributed by atoms with Gasteiger partial charge in [0.15, 0.2) is 0 Å². The van der Waals surface area contributed by atoms with Crippen LogP contribution in [0.5, 0.6) is 0 Å². The number of aromatic nitrogens is 1. The summed E-state index contributed by atoms with van der Waals surface area (Å²) in [6, 6.07) is 6.26. The molecule has 0 bridgehead atoms. The lowest BCUT2D eigenvalue weighted by molar-refractivity contribution is 0.143. The van der Waals surface area contributed by atoms with Crippen LogP contribution < -0.4 is 10.2 Å². The molecule has 1 aliphatic heterocycles. The van der Waals surface area contributed by atoms with Crippen molar-refractivity contribution in [2.24, 2.45) is 5.92 Å². The number of rotatable bonds is 5. The van der Waals surface area contributed by atoms with Crippen molar-refractivity contribution in [2.75, 3.05) is 38.8 Å². The minimum atomic E-state index is 0.638. The molecule has 1 N–H and O–H groups in total. The Bertz CT molecular complexity index is 368. The summed E-state index contributed by atoms with van der Waals surface area (Å²) in [5, 5.41) is 3.14. The summed E-state index contributed by atoms with van der Waals surface area (Å²) in [5.41, 5.74) is 1.10. The highest BCUT2D eigenvalue weighted by molar-refractivity contribution is 5.39. The van der Waals surface area contributed by atoms with E-state index in [0.717, 1.165) is 37.8 Å². The number of nitrogens with zero attached hydrogens (tertiary/aromatic N) is 2. The molecule has 0 amide bonds. The van der Waals surface area contributed by atoms with Crippen molar-refractivity contribution in [1.29, 1.82) is 0 Å². The predicted octanol–water partition coefficient (Wildman–Crippen LogP) is 1.66.